The molecule has 1 aliphatic carbocycles. The standard InChI is InChI=1S/C19H27NO6/c1-12(26-14-8-6-4-5-7-9-14)18(21)20-15-10-13(19(22)23)11-16(24-2)17(15)25-3/h10-12,14H,4-9H2,1-3H3,(H,20,21)(H,22,23). The molecule has 1 saturated carbocycles. The van der Waals surface area contributed by atoms with E-state index in [1.165, 1.54) is 39.2 Å². The first-order valence-corrected chi connectivity index (χ1v) is 8.92. The molecule has 1 aliphatic rings. The van der Waals surface area contributed by atoms with Gasteiger partial charge >= 0.3 is 5.97 Å². The van der Waals surface area contributed by atoms with Gasteiger partial charge in [0.2, 0.25) is 0 Å². The van der Waals surface area contributed by atoms with E-state index >= 15 is 0 Å². The van der Waals surface area contributed by atoms with E-state index in [2.05, 4.69) is 5.32 Å². The third kappa shape index (κ3) is 5.11. The van der Waals surface area contributed by atoms with E-state index in [0.717, 1.165) is 25.7 Å². The Morgan fingerprint density at radius 2 is 1.77 bits per heavy atom. The second kappa shape index (κ2) is 9.43. The molecule has 1 atom stereocenters. The lowest BCUT2D eigenvalue weighted by Gasteiger charge is -2.21. The van der Waals surface area contributed by atoms with E-state index in [4.69, 9.17) is 14.2 Å². The summed E-state index contributed by atoms with van der Waals surface area (Å²) in [4.78, 5) is 23.8. The highest BCUT2D eigenvalue weighted by Crippen LogP contribution is 2.37. The lowest BCUT2D eigenvalue weighted by molar-refractivity contribution is -0.130. The monoisotopic (exact) mass is 365 g/mol. The van der Waals surface area contributed by atoms with Crippen LogP contribution in [0.2, 0.25) is 0 Å². The molecule has 26 heavy (non-hydrogen) atoms. The minimum absolute atomic E-state index is 0.00436. The highest BCUT2D eigenvalue weighted by atomic mass is 16.5. The van der Waals surface area contributed by atoms with Gasteiger partial charge < -0.3 is 24.6 Å². The van der Waals surface area contributed by atoms with Crippen LogP contribution in [0.4, 0.5) is 5.69 Å². The molecule has 0 aromatic heterocycles. The maximum atomic E-state index is 12.5. The van der Waals surface area contributed by atoms with Crippen molar-refractivity contribution in [3.63, 3.8) is 0 Å². The predicted octanol–water partition coefficient (Wildman–Crippen LogP) is 3.47. The number of hydrogen-bond donors (Lipinski definition) is 2. The Bertz CT molecular complexity index is 637. The third-order valence-corrected chi connectivity index (χ3v) is 4.55. The summed E-state index contributed by atoms with van der Waals surface area (Å²) in [6.45, 7) is 1.70. The van der Waals surface area contributed by atoms with E-state index in [9.17, 15) is 14.7 Å². The van der Waals surface area contributed by atoms with Gasteiger partial charge in [0.05, 0.1) is 31.6 Å². The Kier molecular flexibility index (Phi) is 7.26. The Morgan fingerprint density at radius 1 is 1.12 bits per heavy atom. The molecule has 2 rings (SSSR count). The Balaban J connectivity index is 2.13. The second-order valence-corrected chi connectivity index (χ2v) is 6.45. The summed E-state index contributed by atoms with van der Waals surface area (Å²) in [7, 11) is 2.84. The first kappa shape index (κ1) is 20.0. The quantitative estimate of drug-likeness (QED) is 0.719. The van der Waals surface area contributed by atoms with Crippen LogP contribution in [-0.4, -0.2) is 43.4 Å². The number of rotatable bonds is 7. The second-order valence-electron chi connectivity index (χ2n) is 6.45. The number of anilines is 1. The predicted molar refractivity (Wildman–Crippen MR) is 97.2 cm³/mol. The topological polar surface area (TPSA) is 94.1 Å². The number of carboxylic acid groups (broad SMARTS) is 1. The average molecular weight is 365 g/mol. The van der Waals surface area contributed by atoms with Gasteiger partial charge in [-0.2, -0.15) is 0 Å². The third-order valence-electron chi connectivity index (χ3n) is 4.55. The first-order chi connectivity index (χ1) is 12.5. The Labute approximate surface area is 153 Å². The van der Waals surface area contributed by atoms with Gasteiger partial charge in [-0.1, -0.05) is 25.7 Å². The summed E-state index contributed by atoms with van der Waals surface area (Å²) < 4.78 is 16.4. The molecule has 0 saturated heterocycles. The Hall–Kier alpha value is -2.28. The van der Waals surface area contributed by atoms with Gasteiger partial charge in [-0.25, -0.2) is 4.79 Å². The molecule has 0 radical (unpaired) electrons. The largest absolute Gasteiger partial charge is 0.493 e. The molecule has 0 spiro atoms. The summed E-state index contributed by atoms with van der Waals surface area (Å²) in [6, 6.07) is 2.70. The summed E-state index contributed by atoms with van der Waals surface area (Å²) >= 11 is 0. The number of methoxy groups -OCH3 is 2. The molecule has 1 aromatic rings. The first-order valence-electron chi connectivity index (χ1n) is 8.92. The number of aromatic carboxylic acids is 1. The molecule has 0 aliphatic heterocycles. The maximum Gasteiger partial charge on any atom is 0.335 e. The fourth-order valence-corrected chi connectivity index (χ4v) is 3.14. The van der Waals surface area contributed by atoms with Crippen LogP contribution in [0.25, 0.3) is 0 Å². The van der Waals surface area contributed by atoms with Crippen molar-refractivity contribution in [1.29, 1.82) is 0 Å². The van der Waals surface area contributed by atoms with Crippen molar-refractivity contribution in [3.05, 3.63) is 17.7 Å². The van der Waals surface area contributed by atoms with Gasteiger partial charge in [0.1, 0.15) is 6.10 Å². The van der Waals surface area contributed by atoms with Crippen molar-refractivity contribution >= 4 is 17.6 Å². The van der Waals surface area contributed by atoms with Crippen LogP contribution in [0.1, 0.15) is 55.8 Å². The zero-order valence-electron chi connectivity index (χ0n) is 15.5. The fourth-order valence-electron chi connectivity index (χ4n) is 3.14. The normalized spacial score (nSPS) is 16.4. The zero-order valence-corrected chi connectivity index (χ0v) is 15.5. The molecule has 2 N–H and O–H groups in total. The van der Waals surface area contributed by atoms with Crippen molar-refractivity contribution in [1.82, 2.24) is 0 Å². The van der Waals surface area contributed by atoms with Crippen LogP contribution in [0.3, 0.4) is 0 Å². The molecular weight excluding hydrogens is 338 g/mol. The van der Waals surface area contributed by atoms with E-state index in [1.54, 1.807) is 6.92 Å². The highest BCUT2D eigenvalue weighted by molar-refractivity contribution is 5.98. The molecule has 144 valence electrons. The summed E-state index contributed by atoms with van der Waals surface area (Å²) in [6.07, 6.45) is 6.00. The smallest absolute Gasteiger partial charge is 0.335 e. The van der Waals surface area contributed by atoms with Gasteiger partial charge in [-0.05, 0) is 31.9 Å². The van der Waals surface area contributed by atoms with E-state index in [0.29, 0.717) is 0 Å². The average Bonchev–Trinajstić information content (AvgIpc) is 2.89. The number of hydrogen-bond acceptors (Lipinski definition) is 5. The molecule has 0 bridgehead atoms. The van der Waals surface area contributed by atoms with Crippen LogP contribution < -0.4 is 14.8 Å². The minimum atomic E-state index is -1.12. The SMILES string of the molecule is COc1cc(C(=O)O)cc(NC(=O)C(C)OC2CCCCCC2)c1OC. The number of carbonyl (C=O) groups is 2. The van der Waals surface area contributed by atoms with Crippen molar-refractivity contribution in [3.8, 4) is 11.5 Å². The van der Waals surface area contributed by atoms with Crippen LogP contribution >= 0.6 is 0 Å². The zero-order chi connectivity index (χ0) is 19.1. The molecule has 7 nitrogen and oxygen atoms in total. The van der Waals surface area contributed by atoms with E-state index in [-0.39, 0.29) is 34.8 Å². The van der Waals surface area contributed by atoms with Crippen LogP contribution in [0.5, 0.6) is 11.5 Å². The lowest BCUT2D eigenvalue weighted by atomic mass is 10.1. The molecule has 1 unspecified atom stereocenters. The number of nitrogens with one attached hydrogen (secondary N) is 1. The highest BCUT2D eigenvalue weighted by Gasteiger charge is 2.23. The molecule has 0 heterocycles. The van der Waals surface area contributed by atoms with Gasteiger partial charge in [0.15, 0.2) is 11.5 Å². The van der Waals surface area contributed by atoms with Gasteiger partial charge in [-0.15, -0.1) is 0 Å². The number of ether oxygens (including phenoxy) is 3. The van der Waals surface area contributed by atoms with Gasteiger partial charge in [0, 0.05) is 0 Å². The van der Waals surface area contributed by atoms with Crippen LogP contribution in [0, 0.1) is 0 Å². The van der Waals surface area contributed by atoms with Crippen molar-refractivity contribution in [2.45, 2.75) is 57.7 Å². The Morgan fingerprint density at radius 3 is 2.31 bits per heavy atom. The van der Waals surface area contributed by atoms with Crippen molar-refractivity contribution in [2.24, 2.45) is 0 Å². The van der Waals surface area contributed by atoms with Gasteiger partial charge in [-0.3, -0.25) is 4.79 Å². The number of amides is 1. The lowest BCUT2D eigenvalue weighted by Crippen LogP contribution is -2.31. The molecule has 1 aromatic carbocycles. The van der Waals surface area contributed by atoms with E-state index in [1.807, 2.05) is 0 Å². The minimum Gasteiger partial charge on any atom is -0.493 e. The number of carboxylic acids is 1. The maximum absolute atomic E-state index is 12.5. The van der Waals surface area contributed by atoms with Crippen LogP contribution in [-0.2, 0) is 9.53 Å². The molecule has 1 fully saturated rings. The fraction of sp³-hybridized carbons (Fsp3) is 0.579. The molecule has 7 heteroatoms. The molecule has 1 amide bonds. The number of benzene rings is 1. The van der Waals surface area contributed by atoms with Crippen molar-refractivity contribution in [2.75, 3.05) is 19.5 Å². The summed E-state index contributed by atoms with van der Waals surface area (Å²) in [5, 5.41) is 11.9. The van der Waals surface area contributed by atoms with Crippen molar-refractivity contribution < 1.29 is 28.9 Å². The van der Waals surface area contributed by atoms with Gasteiger partial charge in [0.25, 0.3) is 5.91 Å². The summed E-state index contributed by atoms with van der Waals surface area (Å²) in [5.74, 6) is -0.964. The van der Waals surface area contributed by atoms with E-state index < -0.39 is 12.1 Å². The molecular formula is C19H27NO6. The number of carbonyl (C=O) groups excluding carboxylic acids is 1. The van der Waals surface area contributed by atoms with Crippen LogP contribution in [0.15, 0.2) is 12.1 Å². The summed E-state index contributed by atoms with van der Waals surface area (Å²) in [5.41, 5.74) is 0.237.